The normalized spacial score (nSPS) is 21.7. The summed E-state index contributed by atoms with van der Waals surface area (Å²) in [5, 5.41) is 5.69. The number of benzene rings is 1. The van der Waals surface area contributed by atoms with Gasteiger partial charge < -0.3 is 19.7 Å². The first-order valence-electron chi connectivity index (χ1n) is 10.5. The lowest BCUT2D eigenvalue weighted by molar-refractivity contribution is 0.0564. The van der Waals surface area contributed by atoms with Crippen LogP contribution in [0.2, 0.25) is 0 Å². The Bertz CT molecular complexity index is 885. The molecule has 4 aliphatic heterocycles. The van der Waals surface area contributed by atoms with E-state index in [0.29, 0.717) is 12.5 Å². The Balaban J connectivity index is 1.28. The van der Waals surface area contributed by atoms with Crippen LogP contribution in [-0.2, 0) is 0 Å². The highest BCUT2D eigenvalue weighted by atomic mass is 16.5. The van der Waals surface area contributed by atoms with Crippen LogP contribution in [0, 0.1) is 12.8 Å². The molecule has 2 fully saturated rings. The maximum atomic E-state index is 6.12. The van der Waals surface area contributed by atoms with E-state index in [1.54, 1.807) is 7.11 Å². The average molecular weight is 396 g/mol. The number of rotatable bonds is 5. The molecule has 7 heteroatoms. The molecule has 154 valence electrons. The summed E-state index contributed by atoms with van der Waals surface area (Å²) in [7, 11) is 1.69. The third-order valence-electron chi connectivity index (χ3n) is 5.98. The molecule has 0 spiro atoms. The molecule has 2 N–H and O–H groups in total. The predicted octanol–water partition coefficient (Wildman–Crippen LogP) is 2.03. The second-order valence-electron chi connectivity index (χ2n) is 8.11. The fourth-order valence-electron chi connectivity index (χ4n) is 4.44. The van der Waals surface area contributed by atoms with E-state index in [4.69, 9.17) is 14.5 Å². The first kappa shape index (κ1) is 18.5. The molecule has 0 aromatic heterocycles. The molecule has 4 heterocycles. The number of aliphatic imine (C=N–C) groups is 1. The standard InChI is InChI=1S/C22H29N5O2/c1-15-3-4-19(28-2)20(11-15)29-14-16-12-26(13-16)22-17-5-8-23-9-6-18(17)25-21-7-10-24-27(21)22/h3-4,7,11,16,23-24H,5-6,8-10,12-14H2,1-2H3. The molecule has 0 unspecified atom stereocenters. The quantitative estimate of drug-likeness (QED) is 0.796. The summed E-state index contributed by atoms with van der Waals surface area (Å²) in [5.41, 5.74) is 7.29. The number of hydrazine groups is 1. The minimum atomic E-state index is 0.509. The van der Waals surface area contributed by atoms with Crippen LogP contribution in [0.5, 0.6) is 11.5 Å². The Hall–Kier alpha value is -2.51. The van der Waals surface area contributed by atoms with Gasteiger partial charge in [0.05, 0.1) is 19.4 Å². The summed E-state index contributed by atoms with van der Waals surface area (Å²) in [5.74, 6) is 4.49. The van der Waals surface area contributed by atoms with Crippen LogP contribution in [0.25, 0.3) is 0 Å². The van der Waals surface area contributed by atoms with E-state index in [1.165, 1.54) is 22.7 Å². The number of hydrogen-bond donors (Lipinski definition) is 2. The van der Waals surface area contributed by atoms with Gasteiger partial charge in [0.15, 0.2) is 11.5 Å². The molecule has 0 amide bonds. The van der Waals surface area contributed by atoms with Crippen molar-refractivity contribution < 1.29 is 9.47 Å². The lowest BCUT2D eigenvalue weighted by atomic mass is 9.97. The highest BCUT2D eigenvalue weighted by molar-refractivity contribution is 6.02. The first-order valence-corrected chi connectivity index (χ1v) is 10.5. The smallest absolute Gasteiger partial charge is 0.161 e. The van der Waals surface area contributed by atoms with Gasteiger partial charge in [0.25, 0.3) is 0 Å². The molecule has 7 nitrogen and oxygen atoms in total. The van der Waals surface area contributed by atoms with Gasteiger partial charge in [-0.1, -0.05) is 6.07 Å². The van der Waals surface area contributed by atoms with Gasteiger partial charge in [-0.3, -0.25) is 0 Å². The molecular weight excluding hydrogens is 366 g/mol. The van der Waals surface area contributed by atoms with Crippen LogP contribution < -0.4 is 20.2 Å². The number of nitrogens with one attached hydrogen (secondary N) is 2. The van der Waals surface area contributed by atoms with Crippen LogP contribution in [0.3, 0.4) is 0 Å². The van der Waals surface area contributed by atoms with Gasteiger partial charge in [-0.05, 0) is 43.7 Å². The Kier molecular flexibility index (Phi) is 4.93. The number of ether oxygens (including phenoxy) is 2. The van der Waals surface area contributed by atoms with E-state index in [9.17, 15) is 0 Å². The number of methoxy groups -OCH3 is 1. The van der Waals surface area contributed by atoms with Crippen molar-refractivity contribution in [3.8, 4) is 11.5 Å². The lowest BCUT2D eigenvalue weighted by Crippen LogP contribution is -2.54. The first-order chi connectivity index (χ1) is 14.2. The number of hydrogen-bond acceptors (Lipinski definition) is 7. The highest BCUT2D eigenvalue weighted by Crippen LogP contribution is 2.35. The SMILES string of the molecule is COc1ccc(C)cc1OCC1CN(C2=C3CCNCCC3=NC3=CCNN32)C1. The lowest BCUT2D eigenvalue weighted by Gasteiger charge is -2.46. The topological polar surface area (TPSA) is 61.4 Å². The van der Waals surface area contributed by atoms with Gasteiger partial charge >= 0.3 is 0 Å². The molecule has 0 bridgehead atoms. The molecular formula is C22H29N5O2. The number of fused-ring (bicyclic) bond motifs is 2. The number of nitrogens with zero attached hydrogens (tertiary/aromatic N) is 3. The van der Waals surface area contributed by atoms with E-state index in [2.05, 4.69) is 33.7 Å². The Morgan fingerprint density at radius 3 is 2.90 bits per heavy atom. The molecule has 0 aliphatic carbocycles. The van der Waals surface area contributed by atoms with Gasteiger partial charge in [0, 0.05) is 44.1 Å². The zero-order valence-electron chi connectivity index (χ0n) is 17.2. The van der Waals surface area contributed by atoms with Gasteiger partial charge in [-0.2, -0.15) is 0 Å². The molecule has 4 aliphatic rings. The summed E-state index contributed by atoms with van der Waals surface area (Å²) in [4.78, 5) is 7.39. The molecule has 0 radical (unpaired) electrons. The molecule has 0 saturated carbocycles. The molecule has 29 heavy (non-hydrogen) atoms. The Labute approximate surface area is 172 Å². The summed E-state index contributed by atoms with van der Waals surface area (Å²) in [6, 6.07) is 6.07. The van der Waals surface area contributed by atoms with Crippen molar-refractivity contribution in [2.45, 2.75) is 19.8 Å². The van der Waals surface area contributed by atoms with Crippen LogP contribution in [0.1, 0.15) is 18.4 Å². The van der Waals surface area contributed by atoms with Crippen LogP contribution >= 0.6 is 0 Å². The number of likely N-dealkylation sites (tertiary alicyclic amines) is 1. The fourth-order valence-corrected chi connectivity index (χ4v) is 4.44. The second kappa shape index (κ2) is 7.72. The summed E-state index contributed by atoms with van der Waals surface area (Å²) in [6.45, 7) is 7.64. The van der Waals surface area contributed by atoms with Crippen LogP contribution in [0.15, 0.2) is 46.5 Å². The molecule has 2 saturated heterocycles. The van der Waals surface area contributed by atoms with Crippen molar-refractivity contribution in [3.63, 3.8) is 0 Å². The van der Waals surface area contributed by atoms with E-state index in [-0.39, 0.29) is 0 Å². The van der Waals surface area contributed by atoms with E-state index in [0.717, 1.165) is 62.9 Å². The maximum absolute atomic E-state index is 6.12. The fraction of sp³-hybridized carbons (Fsp3) is 0.500. The van der Waals surface area contributed by atoms with Crippen molar-refractivity contribution in [1.29, 1.82) is 0 Å². The van der Waals surface area contributed by atoms with Crippen molar-refractivity contribution in [2.24, 2.45) is 10.9 Å². The zero-order chi connectivity index (χ0) is 19.8. The van der Waals surface area contributed by atoms with Crippen molar-refractivity contribution >= 4 is 5.71 Å². The zero-order valence-corrected chi connectivity index (χ0v) is 17.2. The summed E-state index contributed by atoms with van der Waals surface area (Å²) < 4.78 is 11.6. The van der Waals surface area contributed by atoms with Gasteiger partial charge in [-0.25, -0.2) is 15.4 Å². The maximum Gasteiger partial charge on any atom is 0.161 e. The summed E-state index contributed by atoms with van der Waals surface area (Å²) >= 11 is 0. The van der Waals surface area contributed by atoms with Crippen molar-refractivity contribution in [2.75, 3.05) is 46.4 Å². The highest BCUT2D eigenvalue weighted by Gasteiger charge is 2.38. The number of aryl methyl sites for hydroxylation is 1. The Morgan fingerprint density at radius 2 is 2.03 bits per heavy atom. The van der Waals surface area contributed by atoms with Gasteiger partial charge in [0.2, 0.25) is 0 Å². The summed E-state index contributed by atoms with van der Waals surface area (Å²) in [6.07, 6.45) is 4.20. The van der Waals surface area contributed by atoms with E-state index >= 15 is 0 Å². The van der Waals surface area contributed by atoms with Crippen molar-refractivity contribution in [3.05, 3.63) is 47.1 Å². The molecule has 1 aromatic carbocycles. The van der Waals surface area contributed by atoms with Gasteiger partial charge in [0.1, 0.15) is 11.6 Å². The minimum Gasteiger partial charge on any atom is -0.493 e. The monoisotopic (exact) mass is 395 g/mol. The molecule has 0 atom stereocenters. The largest absolute Gasteiger partial charge is 0.493 e. The molecule has 1 aromatic rings. The average Bonchev–Trinajstić information content (AvgIpc) is 3.03. The Morgan fingerprint density at radius 1 is 1.17 bits per heavy atom. The minimum absolute atomic E-state index is 0.509. The van der Waals surface area contributed by atoms with Crippen LogP contribution in [0.4, 0.5) is 0 Å². The predicted molar refractivity (Wildman–Crippen MR) is 113 cm³/mol. The third-order valence-corrected chi connectivity index (χ3v) is 5.98. The van der Waals surface area contributed by atoms with E-state index < -0.39 is 0 Å². The second-order valence-corrected chi connectivity index (χ2v) is 8.11. The molecule has 5 rings (SSSR count). The van der Waals surface area contributed by atoms with Gasteiger partial charge in [-0.15, -0.1) is 0 Å². The van der Waals surface area contributed by atoms with Crippen LogP contribution in [-0.4, -0.2) is 62.1 Å². The van der Waals surface area contributed by atoms with Crippen molar-refractivity contribution in [1.82, 2.24) is 20.7 Å². The van der Waals surface area contributed by atoms with E-state index in [1.807, 2.05) is 18.2 Å². The third kappa shape index (κ3) is 3.49.